The van der Waals surface area contributed by atoms with E-state index in [4.69, 9.17) is 14.9 Å². The second-order valence-electron chi connectivity index (χ2n) is 7.38. The molecule has 164 valence electrons. The van der Waals surface area contributed by atoms with E-state index in [2.05, 4.69) is 24.8 Å². The van der Waals surface area contributed by atoms with Crippen LogP contribution in [0.25, 0.3) is 33.4 Å². The zero-order valence-corrected chi connectivity index (χ0v) is 17.8. The van der Waals surface area contributed by atoms with Crippen molar-refractivity contribution in [2.24, 2.45) is 5.14 Å². The number of anilines is 2. The van der Waals surface area contributed by atoms with E-state index in [1.165, 1.54) is 0 Å². The van der Waals surface area contributed by atoms with Crippen LogP contribution in [0, 0.1) is 0 Å². The maximum absolute atomic E-state index is 11.3. The quantitative estimate of drug-likeness (QED) is 0.422. The van der Waals surface area contributed by atoms with Crippen molar-refractivity contribution in [3.05, 3.63) is 54.9 Å². The Bertz CT molecular complexity index is 1350. The molecule has 0 amide bonds. The Morgan fingerprint density at radius 3 is 2.53 bits per heavy atom. The van der Waals surface area contributed by atoms with Crippen molar-refractivity contribution in [1.82, 2.24) is 20.2 Å². The second-order valence-corrected chi connectivity index (χ2v) is 8.67. The number of morpholine rings is 1. The van der Waals surface area contributed by atoms with Crippen LogP contribution in [0.3, 0.4) is 0 Å². The van der Waals surface area contributed by atoms with Crippen molar-refractivity contribution in [2.45, 2.75) is 0 Å². The summed E-state index contributed by atoms with van der Waals surface area (Å²) in [6.45, 7) is 2.77. The zero-order valence-electron chi connectivity index (χ0n) is 17.0. The smallest absolute Gasteiger partial charge is 0.296 e. The molecule has 4 N–H and O–H groups in total. The SMILES string of the molecule is NS(=O)(=O)Nc1ccc(-c2cc(N3CCOCC3)nc3c(-c4ccn[nH]4)nccc23)cc1. The molecule has 0 aliphatic carbocycles. The molecule has 11 heteroatoms. The van der Waals surface area contributed by atoms with Gasteiger partial charge in [0.25, 0.3) is 10.2 Å². The predicted octanol–water partition coefficient (Wildman–Crippen LogP) is 2.14. The number of nitrogens with two attached hydrogens (primary N) is 1. The number of H-pyrrole nitrogens is 1. The molecule has 1 aliphatic rings. The van der Waals surface area contributed by atoms with Crippen molar-refractivity contribution >= 4 is 32.6 Å². The van der Waals surface area contributed by atoms with Gasteiger partial charge in [-0.1, -0.05) is 12.1 Å². The van der Waals surface area contributed by atoms with Gasteiger partial charge in [-0.15, -0.1) is 0 Å². The highest BCUT2D eigenvalue weighted by atomic mass is 32.2. The van der Waals surface area contributed by atoms with Gasteiger partial charge in [0.05, 0.1) is 18.9 Å². The summed E-state index contributed by atoms with van der Waals surface area (Å²) in [5.41, 5.74) is 4.51. The van der Waals surface area contributed by atoms with Crippen LogP contribution in [0.4, 0.5) is 11.5 Å². The van der Waals surface area contributed by atoms with Crippen LogP contribution in [0.1, 0.15) is 0 Å². The van der Waals surface area contributed by atoms with E-state index in [-0.39, 0.29) is 0 Å². The van der Waals surface area contributed by atoms with E-state index >= 15 is 0 Å². The van der Waals surface area contributed by atoms with Crippen LogP contribution in [-0.4, -0.2) is 54.9 Å². The number of nitrogens with one attached hydrogen (secondary N) is 2. The van der Waals surface area contributed by atoms with E-state index in [0.717, 1.165) is 46.6 Å². The molecule has 0 saturated carbocycles. The van der Waals surface area contributed by atoms with Crippen molar-refractivity contribution in [3.63, 3.8) is 0 Å². The van der Waals surface area contributed by atoms with Gasteiger partial charge in [0, 0.05) is 36.6 Å². The maximum atomic E-state index is 11.3. The lowest BCUT2D eigenvalue weighted by Gasteiger charge is -2.28. The van der Waals surface area contributed by atoms with Gasteiger partial charge in [0.2, 0.25) is 0 Å². The van der Waals surface area contributed by atoms with Crippen LogP contribution in [0.2, 0.25) is 0 Å². The number of benzene rings is 1. The molecule has 1 fully saturated rings. The van der Waals surface area contributed by atoms with Gasteiger partial charge in [-0.2, -0.15) is 13.5 Å². The summed E-state index contributed by atoms with van der Waals surface area (Å²) in [6, 6.07) is 12.9. The molecule has 0 atom stereocenters. The number of hydrogen-bond donors (Lipinski definition) is 3. The first-order valence-electron chi connectivity index (χ1n) is 10.0. The summed E-state index contributed by atoms with van der Waals surface area (Å²) < 4.78 is 30.4. The Labute approximate surface area is 184 Å². The Hall–Kier alpha value is -3.54. The fourth-order valence-electron chi connectivity index (χ4n) is 3.80. The third-order valence-corrected chi connectivity index (χ3v) is 5.78. The van der Waals surface area contributed by atoms with E-state index < -0.39 is 10.2 Å². The van der Waals surface area contributed by atoms with Crippen molar-refractivity contribution in [3.8, 4) is 22.5 Å². The summed E-state index contributed by atoms with van der Waals surface area (Å²) in [4.78, 5) is 11.7. The number of hydrogen-bond acceptors (Lipinski definition) is 7. The minimum atomic E-state index is -3.84. The highest BCUT2D eigenvalue weighted by molar-refractivity contribution is 7.90. The number of ether oxygens (including phenoxy) is 1. The molecule has 4 aromatic rings. The first kappa shape index (κ1) is 20.4. The fraction of sp³-hybridized carbons (Fsp3) is 0.190. The number of fused-ring (bicyclic) bond motifs is 1. The summed E-state index contributed by atoms with van der Waals surface area (Å²) >= 11 is 0. The number of aromatic amines is 1. The average molecular weight is 452 g/mol. The lowest BCUT2D eigenvalue weighted by Crippen LogP contribution is -2.36. The fourth-order valence-corrected chi connectivity index (χ4v) is 4.26. The number of rotatable bonds is 5. The van der Waals surface area contributed by atoms with Crippen molar-refractivity contribution < 1.29 is 13.2 Å². The monoisotopic (exact) mass is 451 g/mol. The topological polar surface area (TPSA) is 139 Å². The van der Waals surface area contributed by atoms with Crippen LogP contribution in [0.5, 0.6) is 0 Å². The summed E-state index contributed by atoms with van der Waals surface area (Å²) in [5.74, 6) is 0.830. The molecule has 0 unspecified atom stereocenters. The molecule has 0 bridgehead atoms. The van der Waals surface area contributed by atoms with E-state index in [1.54, 1.807) is 24.5 Å². The molecule has 10 nitrogen and oxygen atoms in total. The minimum Gasteiger partial charge on any atom is -0.378 e. The lowest BCUT2D eigenvalue weighted by molar-refractivity contribution is 0.122. The molecule has 1 aliphatic heterocycles. The van der Waals surface area contributed by atoms with Gasteiger partial charge in [0.15, 0.2) is 0 Å². The predicted molar refractivity (Wildman–Crippen MR) is 122 cm³/mol. The Morgan fingerprint density at radius 2 is 1.84 bits per heavy atom. The molecule has 32 heavy (non-hydrogen) atoms. The van der Waals surface area contributed by atoms with E-state index in [0.29, 0.717) is 24.6 Å². The largest absolute Gasteiger partial charge is 0.378 e. The number of nitrogens with zero attached hydrogens (tertiary/aromatic N) is 4. The van der Waals surface area contributed by atoms with Gasteiger partial charge in [-0.05, 0) is 41.5 Å². The van der Waals surface area contributed by atoms with Gasteiger partial charge in [-0.25, -0.2) is 10.1 Å². The van der Waals surface area contributed by atoms with Crippen LogP contribution in [0.15, 0.2) is 54.9 Å². The van der Waals surface area contributed by atoms with E-state index in [1.807, 2.05) is 30.3 Å². The maximum Gasteiger partial charge on any atom is 0.296 e. The van der Waals surface area contributed by atoms with Gasteiger partial charge in [0.1, 0.15) is 17.0 Å². The molecule has 0 radical (unpaired) electrons. The summed E-state index contributed by atoms with van der Waals surface area (Å²) in [6.07, 6.45) is 3.43. The highest BCUT2D eigenvalue weighted by Gasteiger charge is 2.19. The Kier molecular flexibility index (Phi) is 5.21. The molecule has 4 heterocycles. The molecule has 0 spiro atoms. The molecule has 1 aromatic carbocycles. The summed E-state index contributed by atoms with van der Waals surface area (Å²) in [5, 5.41) is 13.0. The molecule has 3 aromatic heterocycles. The average Bonchev–Trinajstić information content (AvgIpc) is 3.33. The number of aromatic nitrogens is 4. The van der Waals surface area contributed by atoms with Gasteiger partial charge >= 0.3 is 0 Å². The van der Waals surface area contributed by atoms with Crippen LogP contribution in [-0.2, 0) is 14.9 Å². The first-order valence-corrected chi connectivity index (χ1v) is 11.6. The van der Waals surface area contributed by atoms with Crippen molar-refractivity contribution in [2.75, 3.05) is 35.9 Å². The van der Waals surface area contributed by atoms with Crippen LogP contribution >= 0.6 is 0 Å². The minimum absolute atomic E-state index is 0.392. The molecular weight excluding hydrogens is 430 g/mol. The third-order valence-electron chi connectivity index (χ3n) is 5.26. The van der Waals surface area contributed by atoms with Gasteiger partial charge in [-0.3, -0.25) is 14.8 Å². The van der Waals surface area contributed by atoms with Gasteiger partial charge < -0.3 is 9.64 Å². The molecular formula is C21H21N7O3S. The lowest BCUT2D eigenvalue weighted by atomic mass is 10.00. The first-order chi connectivity index (χ1) is 15.5. The molecule has 5 rings (SSSR count). The molecule has 1 saturated heterocycles. The normalized spacial score (nSPS) is 14.6. The Balaban J connectivity index is 1.67. The van der Waals surface area contributed by atoms with Crippen molar-refractivity contribution in [1.29, 1.82) is 0 Å². The highest BCUT2D eigenvalue weighted by Crippen LogP contribution is 2.35. The van der Waals surface area contributed by atoms with Crippen LogP contribution < -0.4 is 14.8 Å². The second kappa shape index (κ2) is 8.19. The third kappa shape index (κ3) is 4.13. The summed E-state index contributed by atoms with van der Waals surface area (Å²) in [7, 11) is -3.84. The number of pyridine rings is 2. The Morgan fingerprint density at radius 1 is 1.06 bits per heavy atom. The zero-order chi connectivity index (χ0) is 22.1. The van der Waals surface area contributed by atoms with E-state index in [9.17, 15) is 8.42 Å². The standard InChI is InChI=1S/C21H21N7O3S/c22-32(29,30)27-15-3-1-14(2-4-15)17-13-19(28-9-11-31-12-10-28)25-20-16(17)5-7-23-21(20)18-6-8-24-26-18/h1-8,13,27H,9-12H2,(H,24,26)(H2,22,29,30).